The third-order valence-electron chi connectivity index (χ3n) is 5.93. The zero-order valence-corrected chi connectivity index (χ0v) is 14.6. The van der Waals surface area contributed by atoms with Crippen molar-refractivity contribution in [2.75, 3.05) is 39.3 Å². The minimum Gasteiger partial charge on any atom is -0.469 e. The van der Waals surface area contributed by atoms with Gasteiger partial charge in [-0.25, -0.2) is 0 Å². The molecule has 4 rings (SSSR count). The lowest BCUT2D eigenvalue weighted by Gasteiger charge is -2.53. The largest absolute Gasteiger partial charge is 0.469 e. The van der Waals surface area contributed by atoms with E-state index in [-0.39, 0.29) is 11.5 Å². The monoisotopic (exact) mass is 332 g/mol. The lowest BCUT2D eigenvalue weighted by Crippen LogP contribution is -2.66. The molecule has 3 fully saturated rings. The number of likely N-dealkylation sites (tertiary alicyclic amines) is 2. The van der Waals surface area contributed by atoms with Crippen molar-refractivity contribution < 1.29 is 13.9 Å². The van der Waals surface area contributed by atoms with Crippen molar-refractivity contribution in [3.63, 3.8) is 0 Å². The summed E-state index contributed by atoms with van der Waals surface area (Å²) in [5.74, 6) is 1.44. The number of hydrogen-bond donors (Lipinski definition) is 0. The van der Waals surface area contributed by atoms with E-state index in [4.69, 9.17) is 9.15 Å². The van der Waals surface area contributed by atoms with Crippen molar-refractivity contribution in [2.24, 2.45) is 5.92 Å². The van der Waals surface area contributed by atoms with E-state index >= 15 is 0 Å². The summed E-state index contributed by atoms with van der Waals surface area (Å²) in [5, 5.41) is 0. The molecule has 0 N–H and O–H groups in total. The molecule has 1 atom stereocenters. The zero-order valence-electron chi connectivity index (χ0n) is 14.6. The Bertz CT molecular complexity index is 575. The van der Waals surface area contributed by atoms with Gasteiger partial charge in [-0.2, -0.15) is 0 Å². The number of hydrogen-bond acceptors (Lipinski definition) is 4. The van der Waals surface area contributed by atoms with Crippen LogP contribution < -0.4 is 0 Å². The quantitative estimate of drug-likeness (QED) is 0.854. The van der Waals surface area contributed by atoms with Gasteiger partial charge < -0.3 is 19.0 Å². The third-order valence-corrected chi connectivity index (χ3v) is 5.93. The average molecular weight is 332 g/mol. The Kier molecular flexibility index (Phi) is 4.39. The standard InChI is InChI=1S/C19H28N2O3/c1-15-17(6-10-23-15)18(22)21-13-19(14-21)7-5-16(12-24-19)11-20-8-3-2-4-9-20/h6,10,16H,2-5,7-9,11-14H2,1H3/t16-/m0/s1. The van der Waals surface area contributed by atoms with E-state index in [9.17, 15) is 4.79 Å². The average Bonchev–Trinajstić information content (AvgIpc) is 3.00. The van der Waals surface area contributed by atoms with Gasteiger partial charge in [0, 0.05) is 6.54 Å². The van der Waals surface area contributed by atoms with Crippen LogP contribution in [0.2, 0.25) is 0 Å². The van der Waals surface area contributed by atoms with Crippen molar-refractivity contribution >= 4 is 5.91 Å². The van der Waals surface area contributed by atoms with Crippen LogP contribution in [0, 0.1) is 12.8 Å². The summed E-state index contributed by atoms with van der Waals surface area (Å²) in [7, 11) is 0. The summed E-state index contributed by atoms with van der Waals surface area (Å²) in [6, 6.07) is 1.76. The van der Waals surface area contributed by atoms with Crippen LogP contribution in [0.15, 0.2) is 16.7 Å². The predicted molar refractivity (Wildman–Crippen MR) is 91.0 cm³/mol. The second-order valence-electron chi connectivity index (χ2n) is 7.81. The molecule has 0 radical (unpaired) electrons. The molecule has 132 valence electrons. The maximum Gasteiger partial charge on any atom is 0.257 e. The van der Waals surface area contributed by atoms with Crippen molar-refractivity contribution in [2.45, 2.75) is 44.6 Å². The highest BCUT2D eigenvalue weighted by molar-refractivity contribution is 5.95. The summed E-state index contributed by atoms with van der Waals surface area (Å²) in [4.78, 5) is 17.0. The molecule has 24 heavy (non-hydrogen) atoms. The Morgan fingerprint density at radius 1 is 1.29 bits per heavy atom. The first-order valence-corrected chi connectivity index (χ1v) is 9.35. The molecule has 0 aromatic carbocycles. The second kappa shape index (κ2) is 6.52. The molecule has 0 bridgehead atoms. The van der Waals surface area contributed by atoms with Gasteiger partial charge >= 0.3 is 0 Å². The molecule has 1 aromatic heterocycles. The highest BCUT2D eigenvalue weighted by Gasteiger charge is 2.48. The summed E-state index contributed by atoms with van der Waals surface area (Å²) >= 11 is 0. The van der Waals surface area contributed by atoms with E-state index in [0.717, 1.165) is 26.1 Å². The second-order valence-corrected chi connectivity index (χ2v) is 7.81. The maximum atomic E-state index is 12.5. The van der Waals surface area contributed by atoms with Gasteiger partial charge in [-0.1, -0.05) is 6.42 Å². The molecule has 1 amide bonds. The van der Waals surface area contributed by atoms with E-state index in [0.29, 0.717) is 17.2 Å². The summed E-state index contributed by atoms with van der Waals surface area (Å²) < 4.78 is 11.5. The van der Waals surface area contributed by atoms with Gasteiger partial charge in [-0.3, -0.25) is 4.79 Å². The van der Waals surface area contributed by atoms with Gasteiger partial charge in [-0.15, -0.1) is 0 Å². The molecule has 3 aliphatic heterocycles. The zero-order chi connectivity index (χ0) is 16.6. The SMILES string of the molecule is Cc1occc1C(=O)N1CC2(CC[C@@H](CN3CCCCC3)CO2)C1. The number of nitrogens with zero attached hydrogens (tertiary/aromatic N) is 2. The van der Waals surface area contributed by atoms with Crippen LogP contribution in [0.1, 0.15) is 48.2 Å². The van der Waals surface area contributed by atoms with Crippen molar-refractivity contribution in [3.8, 4) is 0 Å². The molecule has 3 saturated heterocycles. The topological polar surface area (TPSA) is 45.9 Å². The number of furan rings is 1. The number of ether oxygens (including phenoxy) is 1. The molecule has 0 aliphatic carbocycles. The first-order chi connectivity index (χ1) is 11.7. The summed E-state index contributed by atoms with van der Waals surface area (Å²) in [6.07, 6.45) is 7.98. The third kappa shape index (κ3) is 3.11. The van der Waals surface area contributed by atoms with Crippen LogP contribution in [0.25, 0.3) is 0 Å². The highest BCUT2D eigenvalue weighted by atomic mass is 16.5. The Labute approximate surface area is 143 Å². The first kappa shape index (κ1) is 16.2. The Balaban J connectivity index is 1.25. The lowest BCUT2D eigenvalue weighted by molar-refractivity contribution is -0.168. The van der Waals surface area contributed by atoms with E-state index < -0.39 is 0 Å². The predicted octanol–water partition coefficient (Wildman–Crippen LogP) is 2.70. The molecule has 5 nitrogen and oxygen atoms in total. The molecule has 5 heteroatoms. The number of amides is 1. The van der Waals surface area contributed by atoms with Crippen LogP contribution >= 0.6 is 0 Å². The van der Waals surface area contributed by atoms with E-state index in [1.165, 1.54) is 45.3 Å². The van der Waals surface area contributed by atoms with Gasteiger partial charge in [0.2, 0.25) is 0 Å². The Hall–Kier alpha value is -1.33. The van der Waals surface area contributed by atoms with Crippen molar-refractivity contribution in [3.05, 3.63) is 23.7 Å². The molecule has 1 spiro atoms. The van der Waals surface area contributed by atoms with Crippen LogP contribution in [0.3, 0.4) is 0 Å². The molecular weight excluding hydrogens is 304 g/mol. The van der Waals surface area contributed by atoms with Gasteiger partial charge in [0.1, 0.15) is 11.4 Å². The minimum atomic E-state index is -0.0777. The van der Waals surface area contributed by atoms with Crippen molar-refractivity contribution in [1.29, 1.82) is 0 Å². The van der Waals surface area contributed by atoms with Gasteiger partial charge in [0.25, 0.3) is 5.91 Å². The van der Waals surface area contributed by atoms with Gasteiger partial charge in [0.15, 0.2) is 0 Å². The molecule has 3 aliphatic rings. The first-order valence-electron chi connectivity index (χ1n) is 9.35. The fourth-order valence-corrected chi connectivity index (χ4v) is 4.39. The van der Waals surface area contributed by atoms with Crippen LogP contribution in [-0.4, -0.2) is 60.6 Å². The Morgan fingerprint density at radius 2 is 2.08 bits per heavy atom. The lowest BCUT2D eigenvalue weighted by atomic mass is 9.82. The molecule has 0 unspecified atom stereocenters. The maximum absolute atomic E-state index is 12.5. The summed E-state index contributed by atoms with van der Waals surface area (Å²) in [6.45, 7) is 7.85. The van der Waals surface area contributed by atoms with Crippen molar-refractivity contribution in [1.82, 2.24) is 9.80 Å². The number of aryl methyl sites for hydroxylation is 1. The normalized spacial score (nSPS) is 27.2. The smallest absolute Gasteiger partial charge is 0.257 e. The number of piperidine rings is 1. The number of carbonyl (C=O) groups is 1. The fraction of sp³-hybridized carbons (Fsp3) is 0.737. The number of rotatable bonds is 3. The molecule has 0 saturated carbocycles. The van der Waals surface area contributed by atoms with E-state index in [1.807, 2.05) is 11.8 Å². The van der Waals surface area contributed by atoms with E-state index in [2.05, 4.69) is 4.90 Å². The molecule has 1 aromatic rings. The van der Waals surface area contributed by atoms with Crippen LogP contribution in [0.5, 0.6) is 0 Å². The number of carbonyl (C=O) groups excluding carboxylic acids is 1. The molecular formula is C19H28N2O3. The highest BCUT2D eigenvalue weighted by Crippen LogP contribution is 2.37. The van der Waals surface area contributed by atoms with Crippen LogP contribution in [-0.2, 0) is 4.74 Å². The van der Waals surface area contributed by atoms with Gasteiger partial charge in [-0.05, 0) is 57.7 Å². The summed E-state index contributed by atoms with van der Waals surface area (Å²) in [5.41, 5.74) is 0.606. The fourth-order valence-electron chi connectivity index (χ4n) is 4.39. The Morgan fingerprint density at radius 3 is 2.71 bits per heavy atom. The minimum absolute atomic E-state index is 0.0749. The van der Waals surface area contributed by atoms with E-state index in [1.54, 1.807) is 12.3 Å². The van der Waals surface area contributed by atoms with Crippen LogP contribution in [0.4, 0.5) is 0 Å². The molecule has 4 heterocycles. The van der Waals surface area contributed by atoms with Gasteiger partial charge in [0.05, 0.1) is 31.5 Å².